The van der Waals surface area contributed by atoms with Crippen LogP contribution in [0.4, 0.5) is 5.69 Å². The third kappa shape index (κ3) is 3.09. The number of hydrogen-bond acceptors (Lipinski definition) is 4. The standard InChI is InChI=1S/C21H12ClNO4/c22-19(24)13-6-11-17-18(12-13)21(26)23(20(17)25)14-7-9-16(10-8-14)27-15-4-2-1-3-5-15/h1-12H. The van der Waals surface area contributed by atoms with Crippen LogP contribution >= 0.6 is 11.6 Å². The number of nitrogens with zero attached hydrogens (tertiary/aromatic N) is 1. The van der Waals surface area contributed by atoms with E-state index in [0.29, 0.717) is 17.2 Å². The number of carbonyl (C=O) groups excluding carboxylic acids is 3. The van der Waals surface area contributed by atoms with Crippen LogP contribution in [-0.2, 0) is 0 Å². The molecule has 0 unspecified atom stereocenters. The van der Waals surface area contributed by atoms with E-state index in [0.717, 1.165) is 4.90 Å². The van der Waals surface area contributed by atoms with Crippen LogP contribution in [0.25, 0.3) is 0 Å². The third-order valence-corrected chi connectivity index (χ3v) is 4.41. The van der Waals surface area contributed by atoms with E-state index in [9.17, 15) is 14.4 Å². The van der Waals surface area contributed by atoms with Crippen LogP contribution in [0.3, 0.4) is 0 Å². The highest BCUT2D eigenvalue weighted by atomic mass is 35.5. The lowest BCUT2D eigenvalue weighted by Gasteiger charge is -2.14. The maximum atomic E-state index is 12.7. The number of imide groups is 1. The zero-order valence-electron chi connectivity index (χ0n) is 13.9. The molecule has 1 aliphatic rings. The molecule has 0 aliphatic carbocycles. The van der Waals surface area contributed by atoms with Gasteiger partial charge in [0.2, 0.25) is 0 Å². The molecule has 0 fully saturated rings. The van der Waals surface area contributed by atoms with Gasteiger partial charge in [-0.15, -0.1) is 0 Å². The number of anilines is 1. The topological polar surface area (TPSA) is 63.7 Å². The first-order chi connectivity index (χ1) is 13.0. The second-order valence-electron chi connectivity index (χ2n) is 5.89. The smallest absolute Gasteiger partial charge is 0.266 e. The Morgan fingerprint density at radius 1 is 0.778 bits per heavy atom. The van der Waals surface area contributed by atoms with Crippen LogP contribution in [0.2, 0.25) is 0 Å². The number of benzene rings is 3. The van der Waals surface area contributed by atoms with Crippen molar-refractivity contribution in [2.45, 2.75) is 0 Å². The van der Waals surface area contributed by atoms with Crippen molar-refractivity contribution in [1.82, 2.24) is 0 Å². The van der Waals surface area contributed by atoms with Gasteiger partial charge in [-0.05, 0) is 66.2 Å². The second-order valence-corrected chi connectivity index (χ2v) is 6.23. The summed E-state index contributed by atoms with van der Waals surface area (Å²) in [6.45, 7) is 0. The summed E-state index contributed by atoms with van der Waals surface area (Å²) in [5.41, 5.74) is 0.993. The minimum atomic E-state index is -0.682. The molecule has 1 heterocycles. The Balaban J connectivity index is 1.61. The van der Waals surface area contributed by atoms with Gasteiger partial charge in [-0.1, -0.05) is 18.2 Å². The molecule has 5 nitrogen and oxygen atoms in total. The van der Waals surface area contributed by atoms with Crippen LogP contribution in [-0.4, -0.2) is 17.1 Å². The molecular formula is C21H12ClNO4. The van der Waals surface area contributed by atoms with Gasteiger partial charge in [0, 0.05) is 5.56 Å². The number of halogens is 1. The van der Waals surface area contributed by atoms with Gasteiger partial charge in [-0.2, -0.15) is 0 Å². The van der Waals surface area contributed by atoms with Gasteiger partial charge in [0.05, 0.1) is 16.8 Å². The van der Waals surface area contributed by atoms with Crippen LogP contribution in [0.15, 0.2) is 72.8 Å². The largest absolute Gasteiger partial charge is 0.457 e. The van der Waals surface area contributed by atoms with Crippen molar-refractivity contribution in [1.29, 1.82) is 0 Å². The number of rotatable bonds is 4. The molecule has 0 saturated carbocycles. The highest BCUT2D eigenvalue weighted by Gasteiger charge is 2.37. The van der Waals surface area contributed by atoms with E-state index in [2.05, 4.69) is 0 Å². The molecule has 1 aliphatic heterocycles. The number of hydrogen-bond donors (Lipinski definition) is 0. The summed E-state index contributed by atoms with van der Waals surface area (Å²) in [7, 11) is 0. The molecule has 4 rings (SSSR count). The van der Waals surface area contributed by atoms with Crippen LogP contribution in [0, 0.1) is 0 Å². The number of carbonyl (C=O) groups is 3. The molecule has 0 radical (unpaired) electrons. The van der Waals surface area contributed by atoms with E-state index in [1.54, 1.807) is 24.3 Å². The van der Waals surface area contributed by atoms with E-state index in [4.69, 9.17) is 16.3 Å². The van der Waals surface area contributed by atoms with Crippen molar-refractivity contribution in [3.05, 3.63) is 89.5 Å². The molecule has 0 N–H and O–H groups in total. The number of amides is 2. The molecule has 3 aromatic rings. The average Bonchev–Trinajstić information content (AvgIpc) is 2.93. The van der Waals surface area contributed by atoms with Crippen molar-refractivity contribution in [2.75, 3.05) is 4.90 Å². The Hall–Kier alpha value is -3.44. The van der Waals surface area contributed by atoms with Gasteiger partial charge in [0.25, 0.3) is 17.1 Å². The summed E-state index contributed by atoms with van der Waals surface area (Å²) in [5.74, 6) is 0.327. The Bertz CT molecular complexity index is 1060. The summed E-state index contributed by atoms with van der Waals surface area (Å²) in [6.07, 6.45) is 0. The Kier molecular flexibility index (Phi) is 4.22. The lowest BCUT2D eigenvalue weighted by molar-refractivity contribution is 0.0925. The highest BCUT2D eigenvalue weighted by molar-refractivity contribution is 6.67. The molecule has 2 amide bonds. The van der Waals surface area contributed by atoms with Gasteiger partial charge in [-0.3, -0.25) is 14.4 Å². The van der Waals surface area contributed by atoms with Crippen LogP contribution in [0.5, 0.6) is 11.5 Å². The van der Waals surface area contributed by atoms with E-state index in [1.807, 2.05) is 30.3 Å². The van der Waals surface area contributed by atoms with E-state index < -0.39 is 17.1 Å². The van der Waals surface area contributed by atoms with Gasteiger partial charge in [0.15, 0.2) is 0 Å². The average molecular weight is 378 g/mol. The summed E-state index contributed by atoms with van der Waals surface area (Å²) < 4.78 is 5.71. The normalized spacial score (nSPS) is 12.9. The summed E-state index contributed by atoms with van der Waals surface area (Å²) in [4.78, 5) is 37.7. The Morgan fingerprint density at radius 2 is 1.41 bits per heavy atom. The molecule has 0 bridgehead atoms. The van der Waals surface area contributed by atoms with Crippen molar-refractivity contribution >= 4 is 34.3 Å². The molecular weight excluding hydrogens is 366 g/mol. The first-order valence-electron chi connectivity index (χ1n) is 8.10. The predicted molar refractivity (Wildman–Crippen MR) is 101 cm³/mol. The monoisotopic (exact) mass is 377 g/mol. The predicted octanol–water partition coefficient (Wildman–Crippen LogP) is 4.66. The maximum absolute atomic E-state index is 12.7. The van der Waals surface area contributed by atoms with Crippen LogP contribution in [0.1, 0.15) is 31.1 Å². The minimum absolute atomic E-state index is 0.163. The summed E-state index contributed by atoms with van der Waals surface area (Å²) >= 11 is 5.46. The fourth-order valence-corrected chi connectivity index (χ4v) is 3.00. The number of para-hydroxylation sites is 1. The minimum Gasteiger partial charge on any atom is -0.457 e. The van der Waals surface area contributed by atoms with Gasteiger partial charge >= 0.3 is 0 Å². The van der Waals surface area contributed by atoms with Crippen molar-refractivity contribution in [2.24, 2.45) is 0 Å². The molecule has 132 valence electrons. The zero-order valence-corrected chi connectivity index (χ0v) is 14.6. The number of ether oxygens (including phenoxy) is 1. The first kappa shape index (κ1) is 17.0. The van der Waals surface area contributed by atoms with Gasteiger partial charge in [0.1, 0.15) is 11.5 Å². The van der Waals surface area contributed by atoms with Crippen molar-refractivity contribution in [3.63, 3.8) is 0 Å². The molecule has 3 aromatic carbocycles. The molecule has 6 heteroatoms. The maximum Gasteiger partial charge on any atom is 0.266 e. The van der Waals surface area contributed by atoms with E-state index in [1.165, 1.54) is 18.2 Å². The summed E-state index contributed by atoms with van der Waals surface area (Å²) in [6, 6.07) is 20.1. The van der Waals surface area contributed by atoms with Crippen LogP contribution < -0.4 is 9.64 Å². The Morgan fingerprint density at radius 3 is 2.07 bits per heavy atom. The van der Waals surface area contributed by atoms with Gasteiger partial charge < -0.3 is 4.74 Å². The fraction of sp³-hybridized carbons (Fsp3) is 0. The quantitative estimate of drug-likeness (QED) is 0.490. The molecule has 0 spiro atoms. The zero-order chi connectivity index (χ0) is 19.0. The molecule has 0 atom stereocenters. The van der Waals surface area contributed by atoms with Crippen molar-refractivity contribution in [3.8, 4) is 11.5 Å². The molecule has 27 heavy (non-hydrogen) atoms. The van der Waals surface area contributed by atoms with Crippen molar-refractivity contribution < 1.29 is 19.1 Å². The highest BCUT2D eigenvalue weighted by Crippen LogP contribution is 2.31. The lowest BCUT2D eigenvalue weighted by atomic mass is 10.1. The first-order valence-corrected chi connectivity index (χ1v) is 8.48. The third-order valence-electron chi connectivity index (χ3n) is 4.19. The molecule has 0 saturated heterocycles. The van der Waals surface area contributed by atoms with E-state index in [-0.39, 0.29) is 16.7 Å². The second kappa shape index (κ2) is 6.70. The molecule has 0 aromatic heterocycles. The van der Waals surface area contributed by atoms with E-state index >= 15 is 0 Å². The lowest BCUT2D eigenvalue weighted by Crippen LogP contribution is -2.29. The number of fused-ring (bicyclic) bond motifs is 1. The fourth-order valence-electron chi connectivity index (χ4n) is 2.89. The Labute approximate surface area is 159 Å². The SMILES string of the molecule is O=C(Cl)c1ccc2c(c1)C(=O)N(c1ccc(Oc3ccccc3)cc1)C2=O. The van der Waals surface area contributed by atoms with Gasteiger partial charge in [-0.25, -0.2) is 4.90 Å². The summed E-state index contributed by atoms with van der Waals surface area (Å²) in [5, 5.41) is -0.682.